The molecule has 0 radical (unpaired) electrons. The summed E-state index contributed by atoms with van der Waals surface area (Å²) in [4.78, 5) is 11.5. The molecule has 0 aromatic heterocycles. The molecule has 0 spiro atoms. The summed E-state index contributed by atoms with van der Waals surface area (Å²) in [6, 6.07) is 2.82. The highest BCUT2D eigenvalue weighted by Crippen LogP contribution is 2.09. The topological polar surface area (TPSA) is 53.0 Å². The van der Waals surface area contributed by atoms with Crippen molar-refractivity contribution >= 4 is 12.0 Å². The Bertz CT molecular complexity index is 470. The van der Waals surface area contributed by atoms with Crippen LogP contribution in [0.1, 0.15) is 17.3 Å². The molecule has 1 aromatic rings. The van der Waals surface area contributed by atoms with E-state index < -0.39 is 17.4 Å². The zero-order valence-electron chi connectivity index (χ0n) is 9.26. The Morgan fingerprint density at radius 2 is 2.18 bits per heavy atom. The van der Waals surface area contributed by atoms with E-state index in [0.29, 0.717) is 11.6 Å². The summed E-state index contributed by atoms with van der Waals surface area (Å²) < 4.78 is 25.8. The van der Waals surface area contributed by atoms with Crippen LogP contribution in [0.3, 0.4) is 0 Å². The highest BCUT2D eigenvalue weighted by molar-refractivity contribution is 5.97. The lowest BCUT2D eigenvalue weighted by Gasteiger charge is -2.03. The van der Waals surface area contributed by atoms with Gasteiger partial charge in [-0.25, -0.2) is 8.78 Å². The van der Waals surface area contributed by atoms with Crippen LogP contribution in [0.5, 0.6) is 0 Å². The second-order valence-electron chi connectivity index (χ2n) is 3.46. The first kappa shape index (κ1) is 13.0. The van der Waals surface area contributed by atoms with Gasteiger partial charge in [-0.05, 0) is 24.6 Å². The third kappa shape index (κ3) is 3.79. The second-order valence-corrected chi connectivity index (χ2v) is 3.46. The molecule has 0 saturated heterocycles. The summed E-state index contributed by atoms with van der Waals surface area (Å²) in [6.45, 7) is 1.58. The summed E-state index contributed by atoms with van der Waals surface area (Å²) in [6.07, 6.45) is 2.60. The Kier molecular flexibility index (Phi) is 4.51. The van der Waals surface area contributed by atoms with Crippen molar-refractivity contribution in [3.63, 3.8) is 0 Å². The molecule has 90 valence electrons. The number of benzene rings is 1. The maximum Gasteiger partial charge on any atom is 0.184 e. The molecule has 0 fully saturated rings. The fourth-order valence-electron chi connectivity index (χ4n) is 1.16. The van der Waals surface area contributed by atoms with Crippen molar-refractivity contribution in [2.45, 2.75) is 6.92 Å². The minimum Gasteiger partial charge on any atom is -0.383 e. The van der Waals surface area contributed by atoms with E-state index in [1.165, 1.54) is 6.20 Å². The molecule has 0 saturated carbocycles. The molecule has 2 N–H and O–H groups in total. The molecule has 3 nitrogen and oxygen atoms in total. The summed E-state index contributed by atoms with van der Waals surface area (Å²) >= 11 is 0. The first-order valence-corrected chi connectivity index (χ1v) is 4.93. The van der Waals surface area contributed by atoms with Crippen LogP contribution < -0.4 is 5.32 Å². The number of Topliss-reactive ketones (excluding diaryl/α,β-unsaturated/α-hetero) is 1. The Morgan fingerprint density at radius 3 is 2.76 bits per heavy atom. The van der Waals surface area contributed by atoms with Crippen molar-refractivity contribution in [3.05, 3.63) is 47.2 Å². The maximum atomic E-state index is 13.2. The van der Waals surface area contributed by atoms with E-state index in [4.69, 9.17) is 5.41 Å². The lowest BCUT2D eigenvalue weighted by molar-refractivity contribution is 0.0991. The number of hydrogen-bond acceptors (Lipinski definition) is 3. The summed E-state index contributed by atoms with van der Waals surface area (Å²) in [5.74, 6) is -2.06. The van der Waals surface area contributed by atoms with Crippen LogP contribution in [0.25, 0.3) is 0 Å². The molecule has 0 bridgehead atoms. The largest absolute Gasteiger partial charge is 0.383 e. The minimum atomic E-state index is -0.871. The molecule has 0 aliphatic carbocycles. The molecule has 0 atom stereocenters. The summed E-state index contributed by atoms with van der Waals surface area (Å²) in [7, 11) is 0. The Morgan fingerprint density at radius 1 is 1.47 bits per heavy atom. The predicted octanol–water partition coefficient (Wildman–Crippen LogP) is 2.29. The highest BCUT2D eigenvalue weighted by atomic mass is 19.1. The maximum absolute atomic E-state index is 13.2. The van der Waals surface area contributed by atoms with Crippen LogP contribution in [0, 0.1) is 17.0 Å². The third-order valence-electron chi connectivity index (χ3n) is 2.05. The number of carbonyl (C=O) groups excluding carboxylic acids is 1. The van der Waals surface area contributed by atoms with Crippen molar-refractivity contribution in [2.75, 3.05) is 6.54 Å². The average Bonchev–Trinajstić information content (AvgIpc) is 2.28. The van der Waals surface area contributed by atoms with Crippen molar-refractivity contribution in [1.82, 2.24) is 5.32 Å². The van der Waals surface area contributed by atoms with Gasteiger partial charge in [-0.1, -0.05) is 0 Å². The monoisotopic (exact) mass is 238 g/mol. The van der Waals surface area contributed by atoms with E-state index in [-0.39, 0.29) is 12.1 Å². The molecular weight excluding hydrogens is 226 g/mol. The molecule has 0 unspecified atom stereocenters. The van der Waals surface area contributed by atoms with Crippen molar-refractivity contribution in [3.8, 4) is 0 Å². The van der Waals surface area contributed by atoms with Gasteiger partial charge >= 0.3 is 0 Å². The van der Waals surface area contributed by atoms with Crippen molar-refractivity contribution in [1.29, 1.82) is 5.41 Å². The lowest BCUT2D eigenvalue weighted by Crippen LogP contribution is -2.19. The SMILES string of the molecule is C/C(C=N)=C/NCC(=O)c1ccc(F)cc1F. The molecule has 0 amide bonds. The van der Waals surface area contributed by atoms with Crippen LogP contribution >= 0.6 is 0 Å². The number of carbonyl (C=O) groups is 1. The van der Waals surface area contributed by atoms with Gasteiger partial charge in [0.15, 0.2) is 5.78 Å². The van der Waals surface area contributed by atoms with Crippen LogP contribution in [-0.4, -0.2) is 18.5 Å². The van der Waals surface area contributed by atoms with Crippen LogP contribution in [0.4, 0.5) is 8.78 Å². The average molecular weight is 238 g/mol. The number of nitrogens with one attached hydrogen (secondary N) is 2. The quantitative estimate of drug-likeness (QED) is 0.610. The summed E-state index contributed by atoms with van der Waals surface area (Å²) in [5.41, 5.74) is 0.484. The lowest BCUT2D eigenvalue weighted by atomic mass is 10.1. The number of halogens is 2. The van der Waals surface area contributed by atoms with E-state index in [1.807, 2.05) is 0 Å². The Balaban J connectivity index is 2.67. The van der Waals surface area contributed by atoms with Crippen LogP contribution in [0.15, 0.2) is 30.0 Å². The van der Waals surface area contributed by atoms with Gasteiger partial charge in [0.1, 0.15) is 11.6 Å². The zero-order valence-corrected chi connectivity index (χ0v) is 9.26. The number of allylic oxidation sites excluding steroid dienone is 1. The molecule has 0 aliphatic heterocycles. The first-order chi connectivity index (χ1) is 8.04. The highest BCUT2D eigenvalue weighted by Gasteiger charge is 2.11. The van der Waals surface area contributed by atoms with Crippen LogP contribution in [0.2, 0.25) is 0 Å². The Labute approximate surface area is 97.7 Å². The van der Waals surface area contributed by atoms with E-state index >= 15 is 0 Å². The molecule has 0 aliphatic rings. The fraction of sp³-hybridized carbons (Fsp3) is 0.167. The van der Waals surface area contributed by atoms with Crippen LogP contribution in [-0.2, 0) is 0 Å². The van der Waals surface area contributed by atoms with Gasteiger partial charge in [0.05, 0.1) is 12.1 Å². The molecule has 1 rings (SSSR count). The smallest absolute Gasteiger partial charge is 0.184 e. The zero-order chi connectivity index (χ0) is 12.8. The Hall–Kier alpha value is -2.04. The van der Waals surface area contributed by atoms with Crippen molar-refractivity contribution in [2.24, 2.45) is 0 Å². The normalized spacial score (nSPS) is 11.1. The molecule has 17 heavy (non-hydrogen) atoms. The number of hydrogen-bond donors (Lipinski definition) is 2. The van der Waals surface area contributed by atoms with E-state index in [0.717, 1.165) is 18.3 Å². The van der Waals surface area contributed by atoms with Gasteiger partial charge in [-0.3, -0.25) is 4.79 Å². The number of ketones is 1. The standard InChI is InChI=1S/C12H12F2N2O/c1-8(5-15)6-16-7-12(17)10-3-2-9(13)4-11(10)14/h2-6,15-16H,7H2,1H3/b8-6-,15-5?. The first-order valence-electron chi connectivity index (χ1n) is 4.93. The molecular formula is C12H12F2N2O. The fourth-order valence-corrected chi connectivity index (χ4v) is 1.16. The van der Waals surface area contributed by atoms with Gasteiger partial charge in [0.2, 0.25) is 0 Å². The second kappa shape index (κ2) is 5.89. The van der Waals surface area contributed by atoms with Gasteiger partial charge < -0.3 is 10.7 Å². The van der Waals surface area contributed by atoms with Gasteiger partial charge in [-0.2, -0.15) is 0 Å². The van der Waals surface area contributed by atoms with E-state index in [1.54, 1.807) is 6.92 Å². The number of rotatable bonds is 5. The van der Waals surface area contributed by atoms with Crippen molar-refractivity contribution < 1.29 is 13.6 Å². The van der Waals surface area contributed by atoms with E-state index in [9.17, 15) is 13.6 Å². The molecule has 5 heteroatoms. The minimum absolute atomic E-state index is 0.103. The molecule has 1 aromatic carbocycles. The van der Waals surface area contributed by atoms with Gasteiger partial charge in [-0.15, -0.1) is 0 Å². The van der Waals surface area contributed by atoms with E-state index in [2.05, 4.69) is 5.32 Å². The molecule has 0 heterocycles. The summed E-state index contributed by atoms with van der Waals surface area (Å²) in [5, 5.41) is 9.55. The van der Waals surface area contributed by atoms with Gasteiger partial charge in [0, 0.05) is 18.5 Å². The third-order valence-corrected chi connectivity index (χ3v) is 2.05. The predicted molar refractivity (Wildman–Crippen MR) is 61.2 cm³/mol. The van der Waals surface area contributed by atoms with Gasteiger partial charge in [0.25, 0.3) is 0 Å².